The first kappa shape index (κ1) is 14.5. The Balaban J connectivity index is 1.70. The Bertz CT molecular complexity index is 959. The van der Waals surface area contributed by atoms with E-state index in [9.17, 15) is 8.42 Å². The average Bonchev–Trinajstić information content (AvgIpc) is 3.24. The van der Waals surface area contributed by atoms with Crippen molar-refractivity contribution < 1.29 is 12.8 Å². The van der Waals surface area contributed by atoms with Crippen LogP contribution in [0.1, 0.15) is 5.56 Å². The van der Waals surface area contributed by atoms with Gasteiger partial charge in [0.1, 0.15) is 0 Å². The molecule has 0 spiro atoms. The molecule has 0 bridgehead atoms. The van der Waals surface area contributed by atoms with Gasteiger partial charge in [-0.15, -0.1) is 11.3 Å². The monoisotopic (exact) mass is 346 g/mol. The first-order valence-electron chi connectivity index (χ1n) is 7.13. The van der Waals surface area contributed by atoms with E-state index in [2.05, 4.69) is 4.98 Å². The van der Waals surface area contributed by atoms with Gasteiger partial charge in [-0.25, -0.2) is 13.4 Å². The van der Waals surface area contributed by atoms with E-state index in [1.165, 1.54) is 21.9 Å². The predicted molar refractivity (Wildman–Crippen MR) is 91.1 cm³/mol. The van der Waals surface area contributed by atoms with E-state index >= 15 is 0 Å². The molecule has 7 heteroatoms. The van der Waals surface area contributed by atoms with Gasteiger partial charge in [-0.3, -0.25) is 4.31 Å². The highest BCUT2D eigenvalue weighted by atomic mass is 32.2. The molecule has 3 heterocycles. The lowest BCUT2D eigenvalue weighted by Crippen LogP contribution is -2.27. The number of hydrogen-bond donors (Lipinski definition) is 0. The van der Waals surface area contributed by atoms with Crippen LogP contribution in [0.3, 0.4) is 0 Å². The van der Waals surface area contributed by atoms with Gasteiger partial charge in [0.05, 0.1) is 23.9 Å². The van der Waals surface area contributed by atoms with Crippen LogP contribution in [0.15, 0.2) is 46.4 Å². The molecule has 0 atom stereocenters. The first-order chi connectivity index (χ1) is 11.0. The molecule has 1 aliphatic heterocycles. The summed E-state index contributed by atoms with van der Waals surface area (Å²) in [5.74, 6) is 0.755. The van der Waals surface area contributed by atoms with Crippen molar-refractivity contribution in [1.82, 2.24) is 4.98 Å². The summed E-state index contributed by atoms with van der Waals surface area (Å²) in [7, 11) is -3.21. The second-order valence-corrected chi connectivity index (χ2v) is 8.21. The van der Waals surface area contributed by atoms with Crippen LogP contribution in [-0.4, -0.2) is 26.2 Å². The molecule has 0 aliphatic carbocycles. The third kappa shape index (κ3) is 2.55. The van der Waals surface area contributed by atoms with E-state index < -0.39 is 10.0 Å². The zero-order chi connectivity index (χ0) is 16.0. The lowest BCUT2D eigenvalue weighted by atomic mass is 10.1. The summed E-state index contributed by atoms with van der Waals surface area (Å²) in [4.78, 5) is 4.61. The minimum atomic E-state index is -3.21. The number of furan rings is 1. The van der Waals surface area contributed by atoms with E-state index in [4.69, 9.17) is 4.42 Å². The molecule has 3 aromatic rings. The quantitative estimate of drug-likeness (QED) is 0.729. The summed E-state index contributed by atoms with van der Waals surface area (Å²) in [5, 5.41) is 2.83. The largest absolute Gasteiger partial charge is 0.462 e. The molecule has 1 aromatic carbocycles. The summed E-state index contributed by atoms with van der Waals surface area (Å²) in [6.45, 7) is 0.506. The number of aromatic nitrogens is 1. The van der Waals surface area contributed by atoms with Crippen molar-refractivity contribution in [2.24, 2.45) is 0 Å². The van der Waals surface area contributed by atoms with Gasteiger partial charge >= 0.3 is 0 Å². The second kappa shape index (κ2) is 5.21. The molecule has 4 rings (SSSR count). The van der Waals surface area contributed by atoms with Gasteiger partial charge in [0, 0.05) is 17.5 Å². The Morgan fingerprint density at radius 2 is 2.17 bits per heavy atom. The maximum absolute atomic E-state index is 11.8. The molecule has 0 N–H and O–H groups in total. The molecule has 0 saturated heterocycles. The van der Waals surface area contributed by atoms with Gasteiger partial charge in [-0.2, -0.15) is 0 Å². The summed E-state index contributed by atoms with van der Waals surface area (Å²) in [5.41, 5.74) is 3.69. The van der Waals surface area contributed by atoms with Crippen LogP contribution in [0, 0.1) is 0 Å². The van der Waals surface area contributed by atoms with Crippen LogP contribution in [-0.2, 0) is 16.4 Å². The fourth-order valence-electron chi connectivity index (χ4n) is 2.80. The molecule has 5 nitrogen and oxygen atoms in total. The van der Waals surface area contributed by atoms with Crippen molar-refractivity contribution in [3.63, 3.8) is 0 Å². The fraction of sp³-hybridized carbons (Fsp3) is 0.188. The number of rotatable bonds is 3. The van der Waals surface area contributed by atoms with E-state index in [1.807, 2.05) is 35.7 Å². The lowest BCUT2D eigenvalue weighted by molar-refractivity contribution is 0.582. The van der Waals surface area contributed by atoms with Crippen molar-refractivity contribution >= 4 is 27.0 Å². The smallest absolute Gasteiger partial charge is 0.232 e. The Morgan fingerprint density at radius 1 is 1.30 bits per heavy atom. The summed E-state index contributed by atoms with van der Waals surface area (Å²) < 4.78 is 30.4. The molecule has 0 saturated carbocycles. The summed E-state index contributed by atoms with van der Waals surface area (Å²) in [6.07, 6.45) is 3.60. The van der Waals surface area contributed by atoms with Crippen molar-refractivity contribution in [2.45, 2.75) is 6.42 Å². The number of benzene rings is 1. The highest BCUT2D eigenvalue weighted by Crippen LogP contribution is 2.35. The number of nitrogens with zero attached hydrogens (tertiary/aromatic N) is 2. The Morgan fingerprint density at radius 3 is 2.91 bits per heavy atom. The molecule has 1 aliphatic rings. The van der Waals surface area contributed by atoms with Crippen LogP contribution in [0.25, 0.3) is 22.0 Å². The first-order valence-corrected chi connectivity index (χ1v) is 9.85. The normalized spacial score (nSPS) is 14.2. The van der Waals surface area contributed by atoms with Crippen molar-refractivity contribution in [3.05, 3.63) is 47.5 Å². The predicted octanol–water partition coefficient (Wildman–Crippen LogP) is 3.39. The number of hydrogen-bond acceptors (Lipinski definition) is 5. The molecule has 0 radical (unpaired) electrons. The second-order valence-electron chi connectivity index (χ2n) is 5.44. The Hall–Kier alpha value is -2.12. The van der Waals surface area contributed by atoms with Crippen LogP contribution in [0.5, 0.6) is 0 Å². The summed E-state index contributed by atoms with van der Waals surface area (Å²) in [6, 6.07) is 9.54. The van der Waals surface area contributed by atoms with Gasteiger partial charge in [0.25, 0.3) is 0 Å². The van der Waals surface area contributed by atoms with E-state index in [1.54, 1.807) is 6.26 Å². The standard InChI is InChI=1S/C16H14N2O3S2/c1-23(19,20)18-7-6-12-9-11(4-5-14(12)18)13-10-22-16(17-13)15-3-2-8-21-15/h2-5,8-10H,6-7H2,1H3. The van der Waals surface area contributed by atoms with E-state index in [0.29, 0.717) is 6.54 Å². The van der Waals surface area contributed by atoms with E-state index in [0.717, 1.165) is 39.7 Å². The van der Waals surface area contributed by atoms with Crippen molar-refractivity contribution in [3.8, 4) is 22.0 Å². The molecular formula is C16H14N2O3S2. The number of thiazole rings is 1. The Labute approximate surface area is 138 Å². The fourth-order valence-corrected chi connectivity index (χ4v) is 4.55. The van der Waals surface area contributed by atoms with Gasteiger partial charge in [0.2, 0.25) is 10.0 Å². The lowest BCUT2D eigenvalue weighted by Gasteiger charge is -2.16. The van der Waals surface area contributed by atoms with Crippen LogP contribution < -0.4 is 4.31 Å². The Kier molecular flexibility index (Phi) is 3.28. The van der Waals surface area contributed by atoms with Crippen molar-refractivity contribution in [1.29, 1.82) is 0 Å². The van der Waals surface area contributed by atoms with Crippen LogP contribution in [0.2, 0.25) is 0 Å². The van der Waals surface area contributed by atoms with Gasteiger partial charge < -0.3 is 4.42 Å². The molecule has 23 heavy (non-hydrogen) atoms. The van der Waals surface area contributed by atoms with Crippen LogP contribution in [0.4, 0.5) is 5.69 Å². The van der Waals surface area contributed by atoms with Gasteiger partial charge in [-0.05, 0) is 36.2 Å². The maximum Gasteiger partial charge on any atom is 0.232 e. The molecule has 118 valence electrons. The molecule has 0 unspecified atom stereocenters. The molecule has 0 fully saturated rings. The topological polar surface area (TPSA) is 63.4 Å². The minimum Gasteiger partial charge on any atom is -0.462 e. The zero-order valence-corrected chi connectivity index (χ0v) is 14.0. The number of fused-ring (bicyclic) bond motifs is 1. The van der Waals surface area contributed by atoms with Gasteiger partial charge in [-0.1, -0.05) is 6.07 Å². The molecular weight excluding hydrogens is 332 g/mol. The van der Waals surface area contributed by atoms with Crippen molar-refractivity contribution in [2.75, 3.05) is 17.1 Å². The molecule has 0 amide bonds. The zero-order valence-electron chi connectivity index (χ0n) is 12.4. The SMILES string of the molecule is CS(=O)(=O)N1CCc2cc(-c3csc(-c4ccco4)n3)ccc21. The van der Waals surface area contributed by atoms with E-state index in [-0.39, 0.29) is 0 Å². The average molecular weight is 346 g/mol. The highest BCUT2D eigenvalue weighted by molar-refractivity contribution is 7.92. The number of sulfonamides is 1. The third-order valence-electron chi connectivity index (χ3n) is 3.86. The van der Waals surface area contributed by atoms with Crippen LogP contribution >= 0.6 is 11.3 Å². The minimum absolute atomic E-state index is 0.506. The number of anilines is 1. The van der Waals surface area contributed by atoms with Gasteiger partial charge in [0.15, 0.2) is 10.8 Å². The maximum atomic E-state index is 11.8. The third-order valence-corrected chi connectivity index (χ3v) is 5.90. The highest BCUT2D eigenvalue weighted by Gasteiger charge is 2.26. The summed E-state index contributed by atoms with van der Waals surface area (Å²) >= 11 is 1.53. The molecule has 2 aromatic heterocycles.